The summed E-state index contributed by atoms with van der Waals surface area (Å²) in [5, 5.41) is 4.73. The van der Waals surface area contributed by atoms with Crippen molar-refractivity contribution >= 4 is 23.2 Å². The van der Waals surface area contributed by atoms with Gasteiger partial charge in [-0.2, -0.15) is 19.6 Å². The summed E-state index contributed by atoms with van der Waals surface area (Å²) >= 11 is 6.10. The van der Waals surface area contributed by atoms with Crippen molar-refractivity contribution in [2.24, 2.45) is 11.8 Å². The number of hydrogen-bond acceptors (Lipinski definition) is 4. The highest BCUT2D eigenvalue weighted by molar-refractivity contribution is 6.29. The normalized spacial score (nSPS) is 28.0. The Morgan fingerprint density at radius 3 is 2.89 bits per heavy atom. The summed E-state index contributed by atoms with van der Waals surface area (Å²) in [7, 11) is 0. The van der Waals surface area contributed by atoms with Gasteiger partial charge in [-0.1, -0.05) is 25.4 Å². The molecule has 1 aliphatic heterocycles. The van der Waals surface area contributed by atoms with Crippen molar-refractivity contribution < 1.29 is 0 Å². The first-order valence-corrected chi connectivity index (χ1v) is 7.07. The maximum atomic E-state index is 6.10. The van der Waals surface area contributed by atoms with Crippen LogP contribution in [-0.4, -0.2) is 32.2 Å². The fourth-order valence-electron chi connectivity index (χ4n) is 2.99. The largest absolute Gasteiger partial charge is 0.353 e. The first-order valence-electron chi connectivity index (χ1n) is 6.69. The molecule has 3 rings (SSSR count). The molecule has 0 bridgehead atoms. The van der Waals surface area contributed by atoms with Crippen LogP contribution in [0.25, 0.3) is 5.78 Å². The Morgan fingerprint density at radius 2 is 2.11 bits per heavy atom. The van der Waals surface area contributed by atoms with E-state index in [1.54, 1.807) is 4.52 Å². The molecule has 1 fully saturated rings. The highest BCUT2D eigenvalue weighted by atomic mass is 35.5. The number of nitrogens with zero attached hydrogens (tertiary/aromatic N) is 5. The van der Waals surface area contributed by atoms with Gasteiger partial charge in [-0.05, 0) is 25.2 Å². The van der Waals surface area contributed by atoms with E-state index in [0.29, 0.717) is 28.8 Å². The van der Waals surface area contributed by atoms with Crippen molar-refractivity contribution in [3.05, 3.63) is 17.5 Å². The number of piperidine rings is 1. The summed E-state index contributed by atoms with van der Waals surface area (Å²) in [5.74, 6) is 2.85. The molecule has 0 amide bonds. The maximum Gasteiger partial charge on any atom is 0.255 e. The Balaban J connectivity index is 2.09. The summed E-state index contributed by atoms with van der Waals surface area (Å²) in [6.45, 7) is 7.86. The molecule has 1 saturated heterocycles. The molecule has 102 valence electrons. The third-order valence-electron chi connectivity index (χ3n) is 4.09. The molecule has 0 aromatic carbocycles. The van der Waals surface area contributed by atoms with Crippen LogP contribution < -0.4 is 4.90 Å². The molecule has 2 aromatic heterocycles. The number of anilines is 1. The van der Waals surface area contributed by atoms with Gasteiger partial charge in [0, 0.05) is 18.7 Å². The van der Waals surface area contributed by atoms with Gasteiger partial charge < -0.3 is 4.90 Å². The van der Waals surface area contributed by atoms with E-state index >= 15 is 0 Å². The molecule has 0 aliphatic carbocycles. The molecule has 5 nitrogen and oxygen atoms in total. The SMILES string of the molecule is CC1CC(C)C(C)N(c2cc(Cl)nc3ncnn23)C1. The third-order valence-corrected chi connectivity index (χ3v) is 4.29. The molecule has 2 aromatic rings. The second kappa shape index (κ2) is 4.63. The Labute approximate surface area is 117 Å². The van der Waals surface area contributed by atoms with E-state index < -0.39 is 0 Å². The van der Waals surface area contributed by atoms with Crippen molar-refractivity contribution in [3.8, 4) is 0 Å². The lowest BCUT2D eigenvalue weighted by molar-refractivity contribution is 0.294. The van der Waals surface area contributed by atoms with Crippen LogP contribution in [0.2, 0.25) is 5.15 Å². The lowest BCUT2D eigenvalue weighted by Crippen LogP contribution is -2.46. The number of halogens is 1. The second-order valence-electron chi connectivity index (χ2n) is 5.62. The minimum Gasteiger partial charge on any atom is -0.353 e. The highest BCUT2D eigenvalue weighted by Crippen LogP contribution is 2.31. The van der Waals surface area contributed by atoms with E-state index in [1.807, 2.05) is 6.07 Å². The van der Waals surface area contributed by atoms with Crippen molar-refractivity contribution in [3.63, 3.8) is 0 Å². The van der Waals surface area contributed by atoms with Gasteiger partial charge in [0.25, 0.3) is 5.78 Å². The molecule has 0 spiro atoms. The zero-order valence-corrected chi connectivity index (χ0v) is 12.2. The highest BCUT2D eigenvalue weighted by Gasteiger charge is 2.30. The average molecular weight is 280 g/mol. The molecule has 1 aliphatic rings. The zero-order chi connectivity index (χ0) is 13.6. The van der Waals surface area contributed by atoms with Gasteiger partial charge in [0.15, 0.2) is 0 Å². The van der Waals surface area contributed by atoms with Crippen LogP contribution in [0.4, 0.5) is 5.82 Å². The van der Waals surface area contributed by atoms with E-state index in [0.717, 1.165) is 12.4 Å². The van der Waals surface area contributed by atoms with Crippen LogP contribution in [0.3, 0.4) is 0 Å². The summed E-state index contributed by atoms with van der Waals surface area (Å²) in [5.41, 5.74) is 0. The maximum absolute atomic E-state index is 6.10. The summed E-state index contributed by atoms with van der Waals surface area (Å²) in [4.78, 5) is 10.7. The lowest BCUT2D eigenvalue weighted by Gasteiger charge is -2.42. The summed E-state index contributed by atoms with van der Waals surface area (Å²) in [6, 6.07) is 2.34. The van der Waals surface area contributed by atoms with Gasteiger partial charge in [-0.25, -0.2) is 0 Å². The molecule has 19 heavy (non-hydrogen) atoms. The first kappa shape index (κ1) is 12.7. The van der Waals surface area contributed by atoms with Crippen molar-refractivity contribution in [2.45, 2.75) is 33.2 Å². The van der Waals surface area contributed by atoms with E-state index in [4.69, 9.17) is 11.6 Å². The van der Waals surface area contributed by atoms with E-state index in [9.17, 15) is 0 Å². The van der Waals surface area contributed by atoms with E-state index in [-0.39, 0.29) is 0 Å². The Bertz CT molecular complexity index is 596. The topological polar surface area (TPSA) is 46.3 Å². The number of aromatic nitrogens is 4. The van der Waals surface area contributed by atoms with Crippen LogP contribution in [0.5, 0.6) is 0 Å². The average Bonchev–Trinajstić information content (AvgIpc) is 2.80. The molecule has 0 radical (unpaired) electrons. The van der Waals surface area contributed by atoms with Crippen LogP contribution in [0, 0.1) is 11.8 Å². The second-order valence-corrected chi connectivity index (χ2v) is 6.01. The Kier molecular flexibility index (Phi) is 3.09. The summed E-state index contributed by atoms with van der Waals surface area (Å²) < 4.78 is 1.77. The molecule has 0 N–H and O–H groups in total. The van der Waals surface area contributed by atoms with Crippen molar-refractivity contribution in [1.82, 2.24) is 19.6 Å². The van der Waals surface area contributed by atoms with Crippen molar-refractivity contribution in [2.75, 3.05) is 11.4 Å². The van der Waals surface area contributed by atoms with Gasteiger partial charge in [0.1, 0.15) is 17.3 Å². The number of rotatable bonds is 1. The standard InChI is InChI=1S/C13H18ClN5/c1-8-4-9(2)10(3)18(6-8)12-5-11(14)17-13-15-7-16-19(12)13/h5,7-10H,4,6H2,1-3H3. The molecule has 0 saturated carbocycles. The van der Waals surface area contributed by atoms with Gasteiger partial charge in [0.2, 0.25) is 0 Å². The van der Waals surface area contributed by atoms with Crippen LogP contribution in [-0.2, 0) is 0 Å². The molecule has 3 atom stereocenters. The quantitative estimate of drug-likeness (QED) is 0.753. The van der Waals surface area contributed by atoms with Gasteiger partial charge in [-0.3, -0.25) is 0 Å². The first-order chi connectivity index (χ1) is 9.06. The minimum absolute atomic E-state index is 0.460. The van der Waals surface area contributed by atoms with E-state index in [2.05, 4.69) is 40.7 Å². The third kappa shape index (κ3) is 2.16. The monoisotopic (exact) mass is 279 g/mol. The fraction of sp³-hybridized carbons (Fsp3) is 0.615. The van der Waals surface area contributed by atoms with Gasteiger partial charge >= 0.3 is 0 Å². The smallest absolute Gasteiger partial charge is 0.255 e. The predicted octanol–water partition coefficient (Wildman–Crippen LogP) is 2.65. The predicted molar refractivity (Wildman–Crippen MR) is 75.5 cm³/mol. The fourth-order valence-corrected chi connectivity index (χ4v) is 3.16. The minimum atomic E-state index is 0.460. The molecule has 6 heteroatoms. The Morgan fingerprint density at radius 1 is 1.32 bits per heavy atom. The van der Waals surface area contributed by atoms with Gasteiger partial charge in [0.05, 0.1) is 0 Å². The summed E-state index contributed by atoms with van der Waals surface area (Å²) in [6.07, 6.45) is 2.78. The van der Waals surface area contributed by atoms with Crippen LogP contribution in [0.1, 0.15) is 27.2 Å². The number of fused-ring (bicyclic) bond motifs is 1. The zero-order valence-electron chi connectivity index (χ0n) is 11.4. The molecular weight excluding hydrogens is 262 g/mol. The lowest BCUT2D eigenvalue weighted by atomic mass is 9.86. The Hall–Kier alpha value is -1.36. The van der Waals surface area contributed by atoms with Gasteiger partial charge in [-0.15, -0.1) is 0 Å². The molecular formula is C13H18ClN5. The molecule has 3 unspecified atom stereocenters. The van der Waals surface area contributed by atoms with E-state index in [1.165, 1.54) is 12.7 Å². The van der Waals surface area contributed by atoms with Crippen molar-refractivity contribution in [1.29, 1.82) is 0 Å². The van der Waals surface area contributed by atoms with Crippen LogP contribution in [0.15, 0.2) is 12.4 Å². The molecule has 3 heterocycles. The van der Waals surface area contributed by atoms with Crippen LogP contribution >= 0.6 is 11.6 Å². The number of hydrogen-bond donors (Lipinski definition) is 0.